The van der Waals surface area contributed by atoms with Crippen molar-refractivity contribution in [2.24, 2.45) is 0 Å². The normalized spacial score (nSPS) is 31.2. The van der Waals surface area contributed by atoms with Crippen molar-refractivity contribution in [2.45, 2.75) is 30.6 Å². The largest absolute Gasteiger partial charge is 0.486 e. The first-order valence-electron chi connectivity index (χ1n) is 8.90. The van der Waals surface area contributed by atoms with Crippen molar-refractivity contribution in [1.29, 1.82) is 0 Å². The first-order chi connectivity index (χ1) is 14.8. The summed E-state index contributed by atoms with van der Waals surface area (Å²) in [5, 5.41) is 20.8. The topological polar surface area (TPSA) is 228 Å². The summed E-state index contributed by atoms with van der Waals surface area (Å²) >= 11 is 0. The van der Waals surface area contributed by atoms with Gasteiger partial charge in [-0.05, 0) is 0 Å². The molecule has 5 N–H and O–H groups in total. The Balaban J connectivity index is 1.76. The number of anilines is 1. The number of nitrogens with zero attached hydrogens (tertiary/aromatic N) is 4. The molecular formula is C13H20N5O11P3. The zero-order valence-corrected chi connectivity index (χ0v) is 19.5. The molecule has 1 saturated heterocycles. The maximum atomic E-state index is 13.0. The lowest BCUT2D eigenvalue weighted by molar-refractivity contribution is -0.111. The number of hydrogen-bond donors (Lipinski definition) is 4. The summed E-state index contributed by atoms with van der Waals surface area (Å²) < 4.78 is 63.0. The van der Waals surface area contributed by atoms with Crippen LogP contribution >= 0.6 is 23.0 Å². The van der Waals surface area contributed by atoms with Gasteiger partial charge < -0.3 is 25.6 Å². The number of rotatable bonds is 7. The quantitative estimate of drug-likeness (QED) is 0.369. The van der Waals surface area contributed by atoms with E-state index in [4.69, 9.17) is 19.5 Å². The van der Waals surface area contributed by atoms with Crippen molar-refractivity contribution in [3.05, 3.63) is 12.2 Å². The third-order valence-corrected chi connectivity index (χ3v) is 9.54. The first kappa shape index (κ1) is 23.9. The van der Waals surface area contributed by atoms with Crippen LogP contribution in [0.4, 0.5) is 5.82 Å². The van der Waals surface area contributed by atoms with Crippen molar-refractivity contribution in [1.82, 2.24) is 19.5 Å². The molecule has 2 bridgehead atoms. The van der Waals surface area contributed by atoms with Crippen molar-refractivity contribution >= 4 is 40.0 Å². The van der Waals surface area contributed by atoms with E-state index in [1.54, 1.807) is 0 Å². The smallest absolute Gasteiger partial charge is 0.387 e. The molecule has 2 aromatic heterocycles. The third kappa shape index (κ3) is 4.17. The minimum absolute atomic E-state index is 0.0114. The van der Waals surface area contributed by atoms with E-state index in [9.17, 15) is 28.8 Å². The van der Waals surface area contributed by atoms with E-state index in [1.165, 1.54) is 4.57 Å². The molecular weight excluding hydrogens is 495 g/mol. The Bertz CT molecular complexity index is 1200. The number of nitrogens with two attached hydrogens (primary N) is 1. The summed E-state index contributed by atoms with van der Waals surface area (Å²) in [6.45, 7) is 2.08. The average molecular weight is 515 g/mol. The van der Waals surface area contributed by atoms with E-state index in [1.807, 2.05) is 0 Å². The second-order valence-corrected chi connectivity index (χ2v) is 13.5. The standard InChI is InChI=1S/C13H20N5O11P3/c1-25-32(24,29-31(22,23)28-30(2,3)21)27-9-8-6(19)7(20)13(26-8)18-11-5(17-12(9)18)10(14)15-4-16-11/h4,6-9,13,19-20H,1-3H3,(H,22,23)(H2,14,15,16). The van der Waals surface area contributed by atoms with Crippen LogP contribution in [0.5, 0.6) is 0 Å². The molecule has 0 amide bonds. The highest BCUT2D eigenvalue weighted by atomic mass is 31.3. The van der Waals surface area contributed by atoms with Gasteiger partial charge in [-0.25, -0.2) is 28.4 Å². The molecule has 0 aromatic carbocycles. The lowest BCUT2D eigenvalue weighted by Gasteiger charge is -2.32. The fourth-order valence-electron chi connectivity index (χ4n) is 3.42. The minimum atomic E-state index is -5.18. The van der Waals surface area contributed by atoms with Crippen molar-refractivity contribution < 1.29 is 51.2 Å². The first-order valence-corrected chi connectivity index (χ1v) is 14.4. The molecule has 0 saturated carbocycles. The number of ether oxygens (including phenoxy) is 1. The molecule has 178 valence electrons. The van der Waals surface area contributed by atoms with E-state index >= 15 is 0 Å². The lowest BCUT2D eigenvalue weighted by Crippen LogP contribution is -2.35. The summed E-state index contributed by atoms with van der Waals surface area (Å²) in [5.41, 5.74) is 6.06. The highest BCUT2D eigenvalue weighted by Gasteiger charge is 2.57. The van der Waals surface area contributed by atoms with Gasteiger partial charge in [-0.3, -0.25) is 18.2 Å². The molecule has 2 aliphatic heterocycles. The predicted octanol–water partition coefficient (Wildman–Crippen LogP) is 0.525. The van der Waals surface area contributed by atoms with Gasteiger partial charge in [-0.15, -0.1) is 0 Å². The van der Waals surface area contributed by atoms with Gasteiger partial charge in [0.2, 0.25) is 7.37 Å². The van der Waals surface area contributed by atoms with Crippen LogP contribution < -0.4 is 5.73 Å². The predicted molar refractivity (Wildman–Crippen MR) is 106 cm³/mol. The Morgan fingerprint density at radius 3 is 2.47 bits per heavy atom. The molecule has 7 atom stereocenters. The number of fused-ring (bicyclic) bond motifs is 6. The summed E-state index contributed by atoms with van der Waals surface area (Å²) in [4.78, 5) is 22.0. The highest BCUT2D eigenvalue weighted by molar-refractivity contribution is 7.70. The monoisotopic (exact) mass is 515 g/mol. The molecule has 2 aromatic rings. The van der Waals surface area contributed by atoms with Crippen molar-refractivity contribution in [3.8, 4) is 0 Å². The van der Waals surface area contributed by atoms with Gasteiger partial charge in [-0.2, -0.15) is 4.31 Å². The summed E-state index contributed by atoms with van der Waals surface area (Å²) in [6.07, 6.45) is -5.86. The fourth-order valence-corrected chi connectivity index (χ4v) is 7.81. The Hall–Kier alpha value is -1.28. The summed E-state index contributed by atoms with van der Waals surface area (Å²) in [5.74, 6) is -0.0575. The van der Waals surface area contributed by atoms with Crippen LogP contribution in [0.1, 0.15) is 18.2 Å². The van der Waals surface area contributed by atoms with Crippen molar-refractivity contribution in [2.75, 3.05) is 26.2 Å². The third-order valence-electron chi connectivity index (χ3n) is 4.58. The molecule has 4 rings (SSSR count). The van der Waals surface area contributed by atoms with Crippen LogP contribution in [-0.2, 0) is 36.1 Å². The van der Waals surface area contributed by atoms with E-state index in [0.29, 0.717) is 0 Å². The minimum Gasteiger partial charge on any atom is -0.387 e. The summed E-state index contributed by atoms with van der Waals surface area (Å²) in [6, 6.07) is 0. The van der Waals surface area contributed by atoms with E-state index < -0.39 is 53.7 Å². The number of phosphoric ester groups is 1. The average Bonchev–Trinajstić information content (AvgIpc) is 3.16. The van der Waals surface area contributed by atoms with Gasteiger partial charge in [0.1, 0.15) is 30.5 Å². The zero-order chi connectivity index (χ0) is 23.6. The molecule has 4 heterocycles. The maximum absolute atomic E-state index is 13.0. The SMILES string of the molecule is COP(=O)(OC1c2nc3c(N)ncnc3n2C2OC1C(O)C2O)OP(=O)(O)OP(C)(C)=O. The molecule has 7 unspecified atom stereocenters. The number of imidazole rings is 1. The van der Waals surface area contributed by atoms with Crippen LogP contribution in [0, 0.1) is 0 Å². The molecule has 19 heteroatoms. The van der Waals surface area contributed by atoms with E-state index in [2.05, 4.69) is 23.6 Å². The second-order valence-electron chi connectivity index (χ2n) is 7.28. The van der Waals surface area contributed by atoms with Gasteiger partial charge >= 0.3 is 15.6 Å². The van der Waals surface area contributed by atoms with Crippen LogP contribution in [0.15, 0.2) is 6.33 Å². The van der Waals surface area contributed by atoms with Gasteiger partial charge in [0.15, 0.2) is 29.3 Å². The molecule has 1 fully saturated rings. The highest BCUT2D eigenvalue weighted by Crippen LogP contribution is 2.69. The molecule has 0 spiro atoms. The number of hydrogen-bond acceptors (Lipinski definition) is 14. The molecule has 0 radical (unpaired) electrons. The van der Waals surface area contributed by atoms with Gasteiger partial charge in [0.05, 0.1) is 0 Å². The summed E-state index contributed by atoms with van der Waals surface area (Å²) in [7, 11) is -12.8. The number of nitrogen functional groups attached to an aromatic ring is 1. The Morgan fingerprint density at radius 1 is 1.16 bits per heavy atom. The molecule has 16 nitrogen and oxygen atoms in total. The molecule has 2 aliphatic rings. The molecule has 0 aliphatic carbocycles. The Labute approximate surface area is 180 Å². The fraction of sp³-hybridized carbons (Fsp3) is 0.615. The number of aliphatic hydroxyl groups is 2. The lowest BCUT2D eigenvalue weighted by atomic mass is 10.1. The zero-order valence-electron chi connectivity index (χ0n) is 16.8. The van der Waals surface area contributed by atoms with Crippen LogP contribution in [0.3, 0.4) is 0 Å². The molecule has 32 heavy (non-hydrogen) atoms. The van der Waals surface area contributed by atoms with Crippen LogP contribution in [0.25, 0.3) is 11.2 Å². The maximum Gasteiger partial charge on any atom is 0.486 e. The van der Waals surface area contributed by atoms with Gasteiger partial charge in [0, 0.05) is 20.4 Å². The van der Waals surface area contributed by atoms with E-state index in [-0.39, 0.29) is 22.8 Å². The van der Waals surface area contributed by atoms with Gasteiger partial charge in [0.25, 0.3) is 0 Å². The van der Waals surface area contributed by atoms with Crippen LogP contribution in [0.2, 0.25) is 0 Å². The Morgan fingerprint density at radius 2 is 1.84 bits per heavy atom. The number of phosphoric acid groups is 2. The van der Waals surface area contributed by atoms with Crippen LogP contribution in [-0.4, -0.2) is 73.4 Å². The number of aromatic nitrogens is 4. The number of aliphatic hydroxyl groups excluding tert-OH is 2. The van der Waals surface area contributed by atoms with Gasteiger partial charge in [-0.1, -0.05) is 0 Å². The second kappa shape index (κ2) is 7.90. The van der Waals surface area contributed by atoms with E-state index in [0.717, 1.165) is 26.8 Å². The van der Waals surface area contributed by atoms with Crippen molar-refractivity contribution in [3.63, 3.8) is 0 Å². The Kier molecular flexibility index (Phi) is 5.89.